The first-order valence-corrected chi connectivity index (χ1v) is 7.47. The van der Waals surface area contributed by atoms with E-state index in [2.05, 4.69) is 10.4 Å². The summed E-state index contributed by atoms with van der Waals surface area (Å²) in [6, 6.07) is 5.13. The second kappa shape index (κ2) is 8.42. The molecule has 1 amide bonds. The summed E-state index contributed by atoms with van der Waals surface area (Å²) >= 11 is 0. The van der Waals surface area contributed by atoms with Gasteiger partial charge in [0.25, 0.3) is 5.91 Å². The molecule has 3 N–H and O–H groups in total. The number of nitrogens with one attached hydrogen (secondary N) is 1. The van der Waals surface area contributed by atoms with Crippen molar-refractivity contribution in [2.45, 2.75) is 6.04 Å². The molecule has 7 nitrogen and oxygen atoms in total. The third-order valence-corrected chi connectivity index (χ3v) is 3.42. The Morgan fingerprint density at radius 1 is 1.46 bits per heavy atom. The number of hydrogen-bond acceptors (Lipinski definition) is 5. The van der Waals surface area contributed by atoms with Gasteiger partial charge >= 0.3 is 0 Å². The SMILES string of the molecule is COC[C@@H](NC(=O)c1cc(F)ccc1OCCN)c1ccnn1C. The van der Waals surface area contributed by atoms with E-state index in [9.17, 15) is 9.18 Å². The molecular formula is C16H21FN4O3. The molecule has 2 aromatic rings. The van der Waals surface area contributed by atoms with Crippen molar-refractivity contribution < 1.29 is 18.7 Å². The highest BCUT2D eigenvalue weighted by Gasteiger charge is 2.21. The molecule has 130 valence electrons. The summed E-state index contributed by atoms with van der Waals surface area (Å²) in [4.78, 5) is 12.6. The van der Waals surface area contributed by atoms with E-state index in [0.29, 0.717) is 6.54 Å². The molecule has 0 aliphatic carbocycles. The summed E-state index contributed by atoms with van der Waals surface area (Å²) in [7, 11) is 3.30. The number of hydrogen-bond donors (Lipinski definition) is 2. The highest BCUT2D eigenvalue weighted by atomic mass is 19.1. The molecule has 0 radical (unpaired) electrons. The van der Waals surface area contributed by atoms with Gasteiger partial charge in [-0.25, -0.2) is 4.39 Å². The molecule has 8 heteroatoms. The van der Waals surface area contributed by atoms with E-state index in [1.54, 1.807) is 24.0 Å². The van der Waals surface area contributed by atoms with E-state index in [1.807, 2.05) is 0 Å². The van der Waals surface area contributed by atoms with Crippen molar-refractivity contribution in [1.29, 1.82) is 0 Å². The minimum Gasteiger partial charge on any atom is -0.491 e. The Morgan fingerprint density at radius 3 is 2.88 bits per heavy atom. The van der Waals surface area contributed by atoms with E-state index < -0.39 is 17.8 Å². The number of amides is 1. The van der Waals surface area contributed by atoms with Crippen LogP contribution in [0.4, 0.5) is 4.39 Å². The third kappa shape index (κ3) is 4.30. The number of carbonyl (C=O) groups is 1. The molecule has 1 heterocycles. The number of carbonyl (C=O) groups excluding carboxylic acids is 1. The molecule has 0 aliphatic heterocycles. The van der Waals surface area contributed by atoms with Crippen molar-refractivity contribution in [3.8, 4) is 5.75 Å². The van der Waals surface area contributed by atoms with Crippen LogP contribution in [0.1, 0.15) is 22.1 Å². The maximum atomic E-state index is 13.6. The molecule has 0 saturated carbocycles. The fraction of sp³-hybridized carbons (Fsp3) is 0.375. The fourth-order valence-electron chi connectivity index (χ4n) is 2.30. The molecule has 1 aromatic carbocycles. The molecule has 2 rings (SSSR count). The highest BCUT2D eigenvalue weighted by molar-refractivity contribution is 5.97. The smallest absolute Gasteiger partial charge is 0.255 e. The minimum absolute atomic E-state index is 0.103. The lowest BCUT2D eigenvalue weighted by Crippen LogP contribution is -2.33. The first-order chi connectivity index (χ1) is 11.6. The van der Waals surface area contributed by atoms with Gasteiger partial charge in [0.05, 0.1) is 23.9 Å². The number of ether oxygens (including phenoxy) is 2. The van der Waals surface area contributed by atoms with Crippen LogP contribution in [0.15, 0.2) is 30.5 Å². The van der Waals surface area contributed by atoms with Crippen LogP contribution in [0.2, 0.25) is 0 Å². The number of aromatic nitrogens is 2. The summed E-state index contributed by atoms with van der Waals surface area (Å²) in [6.45, 7) is 0.772. The van der Waals surface area contributed by atoms with Gasteiger partial charge in [-0.1, -0.05) is 0 Å². The van der Waals surface area contributed by atoms with E-state index in [-0.39, 0.29) is 24.5 Å². The van der Waals surface area contributed by atoms with Gasteiger partial charge in [-0.3, -0.25) is 9.48 Å². The largest absolute Gasteiger partial charge is 0.491 e. The van der Waals surface area contributed by atoms with Gasteiger partial charge in [0.2, 0.25) is 0 Å². The minimum atomic E-state index is -0.524. The number of rotatable bonds is 8. The Morgan fingerprint density at radius 2 is 2.25 bits per heavy atom. The third-order valence-electron chi connectivity index (χ3n) is 3.42. The monoisotopic (exact) mass is 336 g/mol. The maximum Gasteiger partial charge on any atom is 0.255 e. The van der Waals surface area contributed by atoms with Crippen molar-refractivity contribution in [3.05, 3.63) is 47.5 Å². The Kier molecular flexibility index (Phi) is 6.28. The Balaban J connectivity index is 2.23. The molecule has 0 spiro atoms. The topological polar surface area (TPSA) is 91.4 Å². The predicted molar refractivity (Wildman–Crippen MR) is 86.2 cm³/mol. The molecule has 1 aromatic heterocycles. The number of nitrogens with two attached hydrogens (primary N) is 1. The van der Waals surface area contributed by atoms with Crippen LogP contribution in [-0.2, 0) is 11.8 Å². The van der Waals surface area contributed by atoms with Gasteiger partial charge in [0.15, 0.2) is 0 Å². The van der Waals surface area contributed by atoms with Gasteiger partial charge in [0.1, 0.15) is 18.2 Å². The van der Waals surface area contributed by atoms with Crippen LogP contribution in [0, 0.1) is 5.82 Å². The summed E-state index contributed by atoms with van der Waals surface area (Å²) < 4.78 is 25.8. The second-order valence-electron chi connectivity index (χ2n) is 5.14. The van der Waals surface area contributed by atoms with Crippen LogP contribution < -0.4 is 15.8 Å². The normalized spacial score (nSPS) is 12.0. The molecule has 0 fully saturated rings. The number of nitrogens with zero attached hydrogens (tertiary/aromatic N) is 2. The summed E-state index contributed by atoms with van der Waals surface area (Å²) in [5.74, 6) is -0.714. The quantitative estimate of drug-likeness (QED) is 0.751. The van der Waals surface area contributed by atoms with Crippen molar-refractivity contribution in [3.63, 3.8) is 0 Å². The lowest BCUT2D eigenvalue weighted by molar-refractivity contribution is 0.0888. The van der Waals surface area contributed by atoms with Crippen LogP contribution in [0.3, 0.4) is 0 Å². The van der Waals surface area contributed by atoms with E-state index >= 15 is 0 Å². The summed E-state index contributed by atoms with van der Waals surface area (Å²) in [5.41, 5.74) is 6.28. The lowest BCUT2D eigenvalue weighted by atomic mass is 10.1. The predicted octanol–water partition coefficient (Wildman–Crippen LogP) is 1.01. The Hall–Kier alpha value is -2.45. The molecule has 0 bridgehead atoms. The number of aryl methyl sites for hydroxylation is 1. The van der Waals surface area contributed by atoms with Gasteiger partial charge < -0.3 is 20.5 Å². The molecule has 0 aliphatic rings. The highest BCUT2D eigenvalue weighted by Crippen LogP contribution is 2.21. The molecular weight excluding hydrogens is 315 g/mol. The second-order valence-corrected chi connectivity index (χ2v) is 5.14. The zero-order valence-corrected chi connectivity index (χ0v) is 13.7. The molecule has 24 heavy (non-hydrogen) atoms. The zero-order valence-electron chi connectivity index (χ0n) is 13.7. The van der Waals surface area contributed by atoms with Crippen LogP contribution in [-0.4, -0.2) is 42.6 Å². The average Bonchev–Trinajstić information content (AvgIpc) is 2.99. The molecule has 1 atom stereocenters. The van der Waals surface area contributed by atoms with Gasteiger partial charge in [0, 0.05) is 26.9 Å². The van der Waals surface area contributed by atoms with Crippen LogP contribution in [0.5, 0.6) is 5.75 Å². The number of methoxy groups -OCH3 is 1. The Bertz CT molecular complexity index is 690. The maximum absolute atomic E-state index is 13.6. The van der Waals surface area contributed by atoms with Crippen LogP contribution in [0.25, 0.3) is 0 Å². The number of benzene rings is 1. The van der Waals surface area contributed by atoms with E-state index in [1.165, 1.54) is 19.2 Å². The fourth-order valence-corrected chi connectivity index (χ4v) is 2.30. The average molecular weight is 336 g/mol. The van der Waals surface area contributed by atoms with Crippen molar-refractivity contribution in [2.24, 2.45) is 12.8 Å². The van der Waals surface area contributed by atoms with Crippen molar-refractivity contribution in [2.75, 3.05) is 26.9 Å². The first kappa shape index (κ1) is 17.9. The molecule has 0 saturated heterocycles. The van der Waals surface area contributed by atoms with Gasteiger partial charge in [-0.15, -0.1) is 0 Å². The molecule has 0 unspecified atom stereocenters. The summed E-state index contributed by atoms with van der Waals surface area (Å²) in [6.07, 6.45) is 1.63. The standard InChI is InChI=1S/C16H21FN4O3/c1-21-14(5-7-19-21)13(10-23-2)20-16(22)12-9-11(17)3-4-15(12)24-8-6-18/h3-5,7,9,13H,6,8,10,18H2,1-2H3,(H,20,22)/t13-/m1/s1. The van der Waals surface area contributed by atoms with Crippen LogP contribution >= 0.6 is 0 Å². The van der Waals surface area contributed by atoms with Gasteiger partial charge in [-0.05, 0) is 24.3 Å². The first-order valence-electron chi connectivity index (χ1n) is 7.47. The van der Waals surface area contributed by atoms with E-state index in [0.717, 1.165) is 11.8 Å². The van der Waals surface area contributed by atoms with E-state index in [4.69, 9.17) is 15.2 Å². The van der Waals surface area contributed by atoms with Crippen molar-refractivity contribution >= 4 is 5.91 Å². The number of halogens is 1. The summed E-state index contributed by atoms with van der Waals surface area (Å²) in [5, 5.41) is 6.90. The lowest BCUT2D eigenvalue weighted by Gasteiger charge is -2.19. The van der Waals surface area contributed by atoms with Crippen molar-refractivity contribution in [1.82, 2.24) is 15.1 Å². The van der Waals surface area contributed by atoms with Gasteiger partial charge in [-0.2, -0.15) is 5.10 Å². The Labute approximate surface area is 139 Å². The zero-order chi connectivity index (χ0) is 17.5.